The van der Waals surface area contributed by atoms with Crippen molar-refractivity contribution in [3.05, 3.63) is 64.8 Å². The molecule has 23 heavy (non-hydrogen) atoms. The van der Waals surface area contributed by atoms with Gasteiger partial charge in [-0.25, -0.2) is 4.79 Å². The van der Waals surface area contributed by atoms with Crippen LogP contribution in [0.3, 0.4) is 0 Å². The fraction of sp³-hybridized carbons (Fsp3) is 0.250. The summed E-state index contributed by atoms with van der Waals surface area (Å²) in [6, 6.07) is 12.9. The second-order valence-electron chi connectivity index (χ2n) is 4.99. The first-order chi connectivity index (χ1) is 11.2. The summed E-state index contributed by atoms with van der Waals surface area (Å²) in [6.45, 7) is 0.464. The summed E-state index contributed by atoms with van der Waals surface area (Å²) >= 11 is 0. The molecule has 0 amide bonds. The molecule has 3 aromatic rings. The standard InChI is InChI=1S/C16H16N2O5/c19-13(11-21-10-12-5-2-1-3-6-12)9-18-16(20)23-15(17-18)14-7-4-8-22-14/h1-8,13,19H,9-11H2/t13-/m0/s1. The molecule has 0 spiro atoms. The van der Waals surface area contributed by atoms with E-state index in [4.69, 9.17) is 13.6 Å². The van der Waals surface area contributed by atoms with Gasteiger partial charge < -0.3 is 18.7 Å². The molecule has 2 heterocycles. The van der Waals surface area contributed by atoms with E-state index in [2.05, 4.69) is 5.10 Å². The van der Waals surface area contributed by atoms with Crippen molar-refractivity contribution in [3.63, 3.8) is 0 Å². The topological polar surface area (TPSA) is 90.6 Å². The zero-order chi connectivity index (χ0) is 16.1. The van der Waals surface area contributed by atoms with Crippen molar-refractivity contribution < 1.29 is 18.7 Å². The number of nitrogens with zero attached hydrogens (tertiary/aromatic N) is 2. The molecule has 7 nitrogen and oxygen atoms in total. The zero-order valence-corrected chi connectivity index (χ0v) is 12.3. The van der Waals surface area contributed by atoms with Crippen molar-refractivity contribution in [1.82, 2.24) is 9.78 Å². The summed E-state index contributed by atoms with van der Waals surface area (Å²) in [6.07, 6.45) is 0.589. The van der Waals surface area contributed by atoms with Crippen molar-refractivity contribution in [2.45, 2.75) is 19.3 Å². The van der Waals surface area contributed by atoms with E-state index in [9.17, 15) is 9.90 Å². The number of hydrogen-bond acceptors (Lipinski definition) is 6. The van der Waals surface area contributed by atoms with Crippen LogP contribution in [-0.4, -0.2) is 27.6 Å². The van der Waals surface area contributed by atoms with E-state index in [0.29, 0.717) is 12.4 Å². The predicted octanol–water partition coefficient (Wildman–Crippen LogP) is 1.67. The average Bonchev–Trinajstić information content (AvgIpc) is 3.19. The number of furan rings is 1. The Labute approximate surface area is 131 Å². The first kappa shape index (κ1) is 15.3. The molecule has 0 radical (unpaired) electrons. The van der Waals surface area contributed by atoms with Crippen LogP contribution in [0.25, 0.3) is 11.7 Å². The van der Waals surface area contributed by atoms with Gasteiger partial charge in [-0.2, -0.15) is 4.68 Å². The highest BCUT2D eigenvalue weighted by atomic mass is 16.5. The van der Waals surface area contributed by atoms with Gasteiger partial charge in [0.25, 0.3) is 5.89 Å². The molecule has 0 saturated heterocycles. The van der Waals surface area contributed by atoms with Gasteiger partial charge in [-0.3, -0.25) is 0 Å². The number of ether oxygens (including phenoxy) is 1. The van der Waals surface area contributed by atoms with E-state index in [1.807, 2.05) is 30.3 Å². The quantitative estimate of drug-likeness (QED) is 0.713. The van der Waals surface area contributed by atoms with Crippen LogP contribution in [0.1, 0.15) is 5.56 Å². The highest BCUT2D eigenvalue weighted by molar-refractivity contribution is 5.42. The van der Waals surface area contributed by atoms with Gasteiger partial charge in [-0.05, 0) is 17.7 Å². The van der Waals surface area contributed by atoms with Crippen molar-refractivity contribution >= 4 is 0 Å². The SMILES string of the molecule is O=c1oc(-c2ccco2)nn1C[C@H](O)COCc1ccccc1. The maximum absolute atomic E-state index is 11.7. The van der Waals surface area contributed by atoms with Gasteiger partial charge in [0.05, 0.1) is 32.1 Å². The van der Waals surface area contributed by atoms with Crippen LogP contribution in [-0.2, 0) is 17.9 Å². The molecule has 3 rings (SSSR count). The summed E-state index contributed by atoms with van der Waals surface area (Å²) in [5.41, 5.74) is 1.01. The number of benzene rings is 1. The Bertz CT molecular complexity index is 776. The number of aliphatic hydroxyl groups is 1. The predicted molar refractivity (Wildman–Crippen MR) is 80.6 cm³/mol. The number of hydrogen-bond donors (Lipinski definition) is 1. The molecule has 1 N–H and O–H groups in total. The highest BCUT2D eigenvalue weighted by Crippen LogP contribution is 2.15. The van der Waals surface area contributed by atoms with E-state index in [1.165, 1.54) is 6.26 Å². The molecule has 0 aliphatic heterocycles. The molecule has 0 saturated carbocycles. The Hall–Kier alpha value is -2.64. The Morgan fingerprint density at radius 2 is 2.04 bits per heavy atom. The molecular weight excluding hydrogens is 300 g/mol. The lowest BCUT2D eigenvalue weighted by atomic mass is 10.2. The van der Waals surface area contributed by atoms with Gasteiger partial charge in [-0.1, -0.05) is 30.3 Å². The van der Waals surface area contributed by atoms with Gasteiger partial charge in [-0.15, -0.1) is 5.10 Å². The van der Waals surface area contributed by atoms with E-state index >= 15 is 0 Å². The third-order valence-corrected chi connectivity index (χ3v) is 3.14. The number of aromatic nitrogens is 2. The van der Waals surface area contributed by atoms with Gasteiger partial charge in [0.1, 0.15) is 0 Å². The molecule has 0 unspecified atom stereocenters. The molecule has 2 aromatic heterocycles. The monoisotopic (exact) mass is 316 g/mol. The van der Waals surface area contributed by atoms with Crippen LogP contribution in [0, 0.1) is 0 Å². The smallest absolute Gasteiger partial charge is 0.437 e. The maximum Gasteiger partial charge on any atom is 0.437 e. The van der Waals surface area contributed by atoms with Crippen LogP contribution in [0.4, 0.5) is 0 Å². The lowest BCUT2D eigenvalue weighted by Crippen LogP contribution is -2.28. The van der Waals surface area contributed by atoms with Gasteiger partial charge >= 0.3 is 5.76 Å². The average molecular weight is 316 g/mol. The Morgan fingerprint density at radius 1 is 1.22 bits per heavy atom. The van der Waals surface area contributed by atoms with Crippen LogP contribution in [0.2, 0.25) is 0 Å². The molecule has 0 aliphatic carbocycles. The van der Waals surface area contributed by atoms with Gasteiger partial charge in [0, 0.05) is 0 Å². The van der Waals surface area contributed by atoms with E-state index in [-0.39, 0.29) is 19.0 Å². The number of rotatable bonds is 7. The third kappa shape index (κ3) is 3.97. The summed E-state index contributed by atoms with van der Waals surface area (Å²) in [4.78, 5) is 11.7. The van der Waals surface area contributed by atoms with E-state index < -0.39 is 11.9 Å². The summed E-state index contributed by atoms with van der Waals surface area (Å²) in [5, 5.41) is 13.9. The lowest BCUT2D eigenvalue weighted by Gasteiger charge is -2.10. The van der Waals surface area contributed by atoms with Gasteiger partial charge in [0.2, 0.25) is 0 Å². The van der Waals surface area contributed by atoms with Crippen molar-refractivity contribution in [1.29, 1.82) is 0 Å². The van der Waals surface area contributed by atoms with E-state index in [1.54, 1.807) is 12.1 Å². The summed E-state index contributed by atoms with van der Waals surface area (Å²) in [7, 11) is 0. The van der Waals surface area contributed by atoms with Gasteiger partial charge in [0.15, 0.2) is 5.76 Å². The Balaban J connectivity index is 1.54. The minimum Gasteiger partial charge on any atom is -0.459 e. The molecule has 0 bridgehead atoms. The number of aliphatic hydroxyl groups excluding tert-OH is 1. The lowest BCUT2D eigenvalue weighted by molar-refractivity contribution is 0.0178. The molecule has 0 aliphatic rings. The third-order valence-electron chi connectivity index (χ3n) is 3.14. The summed E-state index contributed by atoms with van der Waals surface area (Å²) < 4.78 is 16.6. The maximum atomic E-state index is 11.7. The molecule has 120 valence electrons. The van der Waals surface area contributed by atoms with Crippen molar-refractivity contribution in [3.8, 4) is 11.7 Å². The Morgan fingerprint density at radius 3 is 2.78 bits per heavy atom. The second kappa shape index (κ2) is 7.08. The van der Waals surface area contributed by atoms with E-state index in [0.717, 1.165) is 10.2 Å². The largest absolute Gasteiger partial charge is 0.459 e. The van der Waals surface area contributed by atoms with Crippen LogP contribution < -0.4 is 5.76 Å². The molecular formula is C16H16N2O5. The second-order valence-corrected chi connectivity index (χ2v) is 4.99. The minimum atomic E-state index is -0.869. The molecule has 7 heteroatoms. The molecule has 1 atom stereocenters. The van der Waals surface area contributed by atoms with Crippen molar-refractivity contribution in [2.24, 2.45) is 0 Å². The Kier molecular flexibility index (Phi) is 4.70. The van der Waals surface area contributed by atoms with Crippen LogP contribution in [0.15, 0.2) is 62.4 Å². The minimum absolute atomic E-state index is 0.0160. The molecule has 0 fully saturated rings. The van der Waals surface area contributed by atoms with Crippen LogP contribution in [0.5, 0.6) is 0 Å². The fourth-order valence-corrected chi connectivity index (χ4v) is 2.06. The normalized spacial score (nSPS) is 12.4. The summed E-state index contributed by atoms with van der Waals surface area (Å²) in [5.74, 6) is -0.216. The first-order valence-electron chi connectivity index (χ1n) is 7.14. The first-order valence-corrected chi connectivity index (χ1v) is 7.14. The van der Waals surface area contributed by atoms with Crippen molar-refractivity contribution in [2.75, 3.05) is 6.61 Å². The molecule has 1 aromatic carbocycles. The highest BCUT2D eigenvalue weighted by Gasteiger charge is 2.15. The fourth-order valence-electron chi connectivity index (χ4n) is 2.06. The zero-order valence-electron chi connectivity index (χ0n) is 12.3. The van der Waals surface area contributed by atoms with Crippen LogP contribution >= 0.6 is 0 Å².